The van der Waals surface area contributed by atoms with Gasteiger partial charge in [-0.1, -0.05) is 78.6 Å². The summed E-state index contributed by atoms with van der Waals surface area (Å²) >= 11 is 0. The Kier molecular flexibility index (Phi) is 35.3. The molecule has 396 valence electrons. The molecule has 5 fully saturated rings. The number of nitrogens with two attached hydrogens (primary N) is 1. The van der Waals surface area contributed by atoms with E-state index in [4.69, 9.17) is 5.73 Å². The summed E-state index contributed by atoms with van der Waals surface area (Å²) in [4.78, 5) is 16.2. The maximum atomic E-state index is 6.21. The molecule has 5 aliphatic rings. The van der Waals surface area contributed by atoms with Crippen molar-refractivity contribution in [3.05, 3.63) is 0 Å². The van der Waals surface area contributed by atoms with Crippen molar-refractivity contribution in [2.45, 2.75) is 173 Å². The van der Waals surface area contributed by atoms with Crippen LogP contribution in [0.15, 0.2) is 0 Å². The van der Waals surface area contributed by atoms with Crippen LogP contribution in [-0.4, -0.2) is 230 Å². The normalized spacial score (nSPS) is 18.2. The lowest BCUT2D eigenvalue weighted by molar-refractivity contribution is 0.128. The van der Waals surface area contributed by atoms with Gasteiger partial charge in [-0.05, 0) is 103 Å². The van der Waals surface area contributed by atoms with E-state index >= 15 is 0 Å². The molecule has 0 spiro atoms. The molecule has 13 heteroatoms. The van der Waals surface area contributed by atoms with E-state index in [1.54, 1.807) is 0 Å². The van der Waals surface area contributed by atoms with E-state index in [0.717, 1.165) is 175 Å². The quantitative estimate of drug-likeness (QED) is 0.0429. The summed E-state index contributed by atoms with van der Waals surface area (Å²) in [6.07, 6.45) is 27.6. The van der Waals surface area contributed by atoms with E-state index < -0.39 is 0 Å². The first-order chi connectivity index (χ1) is 33.1. The fourth-order valence-corrected chi connectivity index (χ4v) is 9.75. The number of unbranched alkanes of at least 4 members (excludes halogenated alkanes) is 2. The molecular formula is C54H115N13. The van der Waals surface area contributed by atoms with Crippen LogP contribution in [0.2, 0.25) is 0 Å². The number of nitrogens with one attached hydrogen (secondary N) is 6. The molecule has 0 heterocycles. The van der Waals surface area contributed by atoms with Crippen LogP contribution in [0.4, 0.5) is 0 Å². The minimum absolute atomic E-state index is 0.747. The molecule has 0 aromatic heterocycles. The van der Waals surface area contributed by atoms with Crippen molar-refractivity contribution in [2.75, 3.05) is 177 Å². The lowest BCUT2D eigenvalue weighted by Gasteiger charge is -2.37. The molecule has 13 nitrogen and oxygen atoms in total. The lowest BCUT2D eigenvalue weighted by atomic mass is 9.91. The van der Waals surface area contributed by atoms with Crippen LogP contribution in [0.25, 0.3) is 0 Å². The van der Waals surface area contributed by atoms with Crippen molar-refractivity contribution < 1.29 is 0 Å². The third-order valence-electron chi connectivity index (χ3n) is 16.1. The van der Waals surface area contributed by atoms with E-state index in [1.165, 1.54) is 155 Å². The molecule has 0 bridgehead atoms. The molecule has 0 amide bonds. The highest BCUT2D eigenvalue weighted by Crippen LogP contribution is 2.24. The Morgan fingerprint density at radius 1 is 0.343 bits per heavy atom. The molecule has 8 N–H and O–H groups in total. The third-order valence-corrected chi connectivity index (χ3v) is 16.1. The number of rotatable bonds is 46. The average molecular weight is 947 g/mol. The standard InChI is InChI=1S/C50H107N13.C4H8/c1-4-23-52-28-39-63(50-20-13-21-50)40-29-54-27-36-61(43-41-58(5-2)35-26-53-24-25-55-47-14-10-15-47)33-9-7-8-32-60(34-22-51)45-46-62(38-31-57-49-18-12-19-49)44-42-59(6-3)37-30-56-48-16-11-17-48;1-2-4-3-1/h47-50,52-57H,4-46,51H2,1-3H3;1-4H2. The molecule has 5 saturated carbocycles. The zero-order valence-corrected chi connectivity index (χ0v) is 44.8. The summed E-state index contributed by atoms with van der Waals surface area (Å²) in [5, 5.41) is 22.5. The highest BCUT2D eigenvalue weighted by atomic mass is 15.2. The molecule has 0 saturated heterocycles. The Balaban J connectivity index is 0.00000232. The van der Waals surface area contributed by atoms with Gasteiger partial charge in [-0.15, -0.1) is 0 Å². The van der Waals surface area contributed by atoms with Gasteiger partial charge in [0, 0.05) is 168 Å². The van der Waals surface area contributed by atoms with Crippen LogP contribution in [0, 0.1) is 0 Å². The van der Waals surface area contributed by atoms with E-state index in [0.29, 0.717) is 0 Å². The monoisotopic (exact) mass is 946 g/mol. The first-order valence-electron chi connectivity index (χ1n) is 29.5. The largest absolute Gasteiger partial charge is 0.329 e. The van der Waals surface area contributed by atoms with Gasteiger partial charge in [0.25, 0.3) is 0 Å². The molecular weight excluding hydrogens is 831 g/mol. The fourth-order valence-electron chi connectivity index (χ4n) is 9.75. The summed E-state index contributed by atoms with van der Waals surface area (Å²) in [6.45, 7) is 37.1. The second-order valence-corrected chi connectivity index (χ2v) is 21.3. The molecule has 67 heavy (non-hydrogen) atoms. The topological polar surface area (TPSA) is 118 Å². The van der Waals surface area contributed by atoms with E-state index in [9.17, 15) is 0 Å². The van der Waals surface area contributed by atoms with Gasteiger partial charge in [0.1, 0.15) is 0 Å². The van der Waals surface area contributed by atoms with Gasteiger partial charge in [-0.3, -0.25) is 9.80 Å². The Morgan fingerprint density at radius 3 is 1.16 bits per heavy atom. The first-order valence-corrected chi connectivity index (χ1v) is 29.5. The zero-order chi connectivity index (χ0) is 47.3. The summed E-state index contributed by atoms with van der Waals surface area (Å²) in [7, 11) is 0. The van der Waals surface area contributed by atoms with Gasteiger partial charge in [0.15, 0.2) is 0 Å². The minimum Gasteiger partial charge on any atom is -0.329 e. The lowest BCUT2D eigenvalue weighted by Crippen LogP contribution is -2.47. The van der Waals surface area contributed by atoms with Crippen molar-refractivity contribution in [2.24, 2.45) is 5.73 Å². The summed E-state index contributed by atoms with van der Waals surface area (Å²) < 4.78 is 0. The van der Waals surface area contributed by atoms with Gasteiger partial charge in [-0.25, -0.2) is 0 Å². The van der Waals surface area contributed by atoms with Crippen molar-refractivity contribution >= 4 is 0 Å². The number of hydrogen-bond donors (Lipinski definition) is 7. The average Bonchev–Trinajstić information content (AvgIpc) is 3.24. The Bertz CT molecular complexity index is 1080. The van der Waals surface area contributed by atoms with Crippen molar-refractivity contribution in [1.82, 2.24) is 61.3 Å². The molecule has 0 atom stereocenters. The second-order valence-electron chi connectivity index (χ2n) is 21.3. The van der Waals surface area contributed by atoms with Crippen LogP contribution in [-0.2, 0) is 0 Å². The Hall–Kier alpha value is -0.520. The summed E-state index contributed by atoms with van der Waals surface area (Å²) in [5.74, 6) is 0. The van der Waals surface area contributed by atoms with Crippen LogP contribution < -0.4 is 37.6 Å². The maximum absolute atomic E-state index is 6.21. The van der Waals surface area contributed by atoms with Crippen LogP contribution in [0.1, 0.15) is 149 Å². The highest BCUT2D eigenvalue weighted by Gasteiger charge is 2.24. The minimum atomic E-state index is 0.747. The molecule has 5 rings (SSSR count). The molecule has 5 aliphatic carbocycles. The number of nitrogens with zero attached hydrogens (tertiary/aromatic N) is 6. The second kappa shape index (κ2) is 40.0. The van der Waals surface area contributed by atoms with Gasteiger partial charge in [-0.2, -0.15) is 0 Å². The molecule has 0 unspecified atom stereocenters. The van der Waals surface area contributed by atoms with Crippen molar-refractivity contribution in [3.8, 4) is 0 Å². The third kappa shape index (κ3) is 28.3. The predicted molar refractivity (Wildman–Crippen MR) is 290 cm³/mol. The van der Waals surface area contributed by atoms with Crippen LogP contribution in [0.3, 0.4) is 0 Å². The molecule has 0 aromatic carbocycles. The van der Waals surface area contributed by atoms with E-state index in [-0.39, 0.29) is 0 Å². The number of likely N-dealkylation sites (N-methyl/N-ethyl adjacent to an activating group) is 2. The Morgan fingerprint density at radius 2 is 0.731 bits per heavy atom. The van der Waals surface area contributed by atoms with Crippen LogP contribution in [0.5, 0.6) is 0 Å². The van der Waals surface area contributed by atoms with Crippen LogP contribution >= 0.6 is 0 Å². The summed E-state index contributed by atoms with van der Waals surface area (Å²) in [6, 6.07) is 3.13. The first kappa shape index (κ1) is 59.0. The fraction of sp³-hybridized carbons (Fsp3) is 1.00. The highest BCUT2D eigenvalue weighted by molar-refractivity contribution is 4.82. The smallest absolute Gasteiger partial charge is 0.0110 e. The maximum Gasteiger partial charge on any atom is 0.0110 e. The SMILES string of the molecule is C1CCC1.CCCNCCN(CCNCCN(CCCCCN(CCN)CCN(CCNC1CCC1)CCN(CC)CCNC1CCC1)CCN(CC)CCNCCNC1CCC1)C1CCC1. The van der Waals surface area contributed by atoms with E-state index in [2.05, 4.69) is 82.1 Å². The van der Waals surface area contributed by atoms with Gasteiger partial charge >= 0.3 is 0 Å². The summed E-state index contributed by atoms with van der Waals surface area (Å²) in [5.41, 5.74) is 6.21. The van der Waals surface area contributed by atoms with Gasteiger partial charge in [0.05, 0.1) is 0 Å². The zero-order valence-electron chi connectivity index (χ0n) is 44.8. The van der Waals surface area contributed by atoms with Gasteiger partial charge in [0.2, 0.25) is 0 Å². The van der Waals surface area contributed by atoms with E-state index in [1.807, 2.05) is 0 Å². The van der Waals surface area contributed by atoms with Crippen molar-refractivity contribution in [1.29, 1.82) is 0 Å². The molecule has 0 aromatic rings. The predicted octanol–water partition coefficient (Wildman–Crippen LogP) is 4.69. The van der Waals surface area contributed by atoms with Gasteiger partial charge < -0.3 is 57.2 Å². The Labute approximate surface area is 415 Å². The molecule has 0 radical (unpaired) electrons. The van der Waals surface area contributed by atoms with Crippen molar-refractivity contribution in [3.63, 3.8) is 0 Å². The molecule has 0 aliphatic heterocycles. The number of hydrogen-bond acceptors (Lipinski definition) is 13.